The lowest BCUT2D eigenvalue weighted by Crippen LogP contribution is -2.13. The van der Waals surface area contributed by atoms with E-state index in [2.05, 4.69) is 15.3 Å². The first-order valence-electron chi connectivity index (χ1n) is 4.88. The smallest absolute Gasteiger partial charge is 0.261 e. The Kier molecular flexibility index (Phi) is 2.95. The third kappa shape index (κ3) is 2.36. The number of hydrogen-bond acceptors (Lipinski definition) is 4. The molecular formula is C11H11N3O3. The molecule has 1 aromatic carbocycles. The van der Waals surface area contributed by atoms with Crippen molar-refractivity contribution < 1.29 is 14.6 Å². The molecule has 6 nitrogen and oxygen atoms in total. The highest BCUT2D eigenvalue weighted by Gasteiger charge is 2.12. The van der Waals surface area contributed by atoms with E-state index in [-0.39, 0.29) is 11.3 Å². The van der Waals surface area contributed by atoms with Gasteiger partial charge >= 0.3 is 0 Å². The second-order valence-corrected chi connectivity index (χ2v) is 3.27. The van der Waals surface area contributed by atoms with Crippen LogP contribution in [-0.4, -0.2) is 28.1 Å². The number of carbonyl (C=O) groups excluding carboxylic acids is 1. The molecule has 0 aliphatic rings. The van der Waals surface area contributed by atoms with Crippen molar-refractivity contribution in [3.05, 3.63) is 36.2 Å². The third-order valence-electron chi connectivity index (χ3n) is 2.18. The lowest BCUT2D eigenvalue weighted by Gasteiger charge is -2.06. The molecule has 0 bridgehead atoms. The van der Waals surface area contributed by atoms with Crippen molar-refractivity contribution in [2.45, 2.75) is 0 Å². The Balaban J connectivity index is 2.19. The van der Waals surface area contributed by atoms with Gasteiger partial charge in [0, 0.05) is 18.5 Å². The molecule has 0 radical (unpaired) electrons. The maximum Gasteiger partial charge on any atom is 0.261 e. The molecule has 1 amide bonds. The van der Waals surface area contributed by atoms with Gasteiger partial charge in [-0.3, -0.25) is 10.1 Å². The molecule has 3 N–H and O–H groups in total. The number of H-pyrrole nitrogens is 1. The number of anilines is 1. The lowest BCUT2D eigenvalue weighted by atomic mass is 10.2. The molecule has 0 aliphatic carbocycles. The Morgan fingerprint density at radius 1 is 1.53 bits per heavy atom. The topological polar surface area (TPSA) is 87.2 Å². The van der Waals surface area contributed by atoms with Crippen LogP contribution in [0.3, 0.4) is 0 Å². The SMILES string of the molecule is COc1ccc(C(=O)Nc2ncc[nH]2)c(O)c1. The summed E-state index contributed by atoms with van der Waals surface area (Å²) in [5, 5.41) is 12.2. The average molecular weight is 233 g/mol. The predicted molar refractivity (Wildman–Crippen MR) is 61.2 cm³/mol. The van der Waals surface area contributed by atoms with Gasteiger partial charge in [-0.25, -0.2) is 4.98 Å². The quantitative estimate of drug-likeness (QED) is 0.747. The number of phenols is 1. The van der Waals surface area contributed by atoms with E-state index in [0.29, 0.717) is 11.7 Å². The first-order valence-corrected chi connectivity index (χ1v) is 4.88. The Morgan fingerprint density at radius 2 is 2.35 bits per heavy atom. The second-order valence-electron chi connectivity index (χ2n) is 3.27. The van der Waals surface area contributed by atoms with Crippen LogP contribution in [0.25, 0.3) is 0 Å². The standard InChI is InChI=1S/C11H11N3O3/c1-17-7-2-3-8(9(15)6-7)10(16)14-11-12-4-5-13-11/h2-6,15H,1H3,(H2,12,13,14,16). The van der Waals surface area contributed by atoms with Crippen molar-refractivity contribution in [1.82, 2.24) is 9.97 Å². The van der Waals surface area contributed by atoms with E-state index in [0.717, 1.165) is 0 Å². The maximum atomic E-state index is 11.8. The number of benzene rings is 1. The number of rotatable bonds is 3. The summed E-state index contributed by atoms with van der Waals surface area (Å²) in [7, 11) is 1.48. The van der Waals surface area contributed by atoms with Crippen LogP contribution >= 0.6 is 0 Å². The van der Waals surface area contributed by atoms with Crippen LogP contribution in [0.4, 0.5) is 5.95 Å². The number of nitrogens with zero attached hydrogens (tertiary/aromatic N) is 1. The normalized spacial score (nSPS) is 9.94. The van der Waals surface area contributed by atoms with Crippen LogP contribution in [0.5, 0.6) is 11.5 Å². The van der Waals surface area contributed by atoms with Crippen molar-refractivity contribution in [3.63, 3.8) is 0 Å². The van der Waals surface area contributed by atoms with Crippen LogP contribution in [0, 0.1) is 0 Å². The number of ether oxygens (including phenoxy) is 1. The van der Waals surface area contributed by atoms with Crippen LogP contribution in [0.1, 0.15) is 10.4 Å². The number of hydrogen-bond donors (Lipinski definition) is 3. The largest absolute Gasteiger partial charge is 0.507 e. The molecule has 0 atom stereocenters. The van der Waals surface area contributed by atoms with E-state index in [1.807, 2.05) is 0 Å². The van der Waals surface area contributed by atoms with Crippen LogP contribution < -0.4 is 10.1 Å². The number of amides is 1. The Hall–Kier alpha value is -2.50. The molecule has 88 valence electrons. The van der Waals surface area contributed by atoms with Crippen LogP contribution in [-0.2, 0) is 0 Å². The van der Waals surface area contributed by atoms with Crippen LogP contribution in [0.15, 0.2) is 30.6 Å². The molecule has 1 heterocycles. The van der Waals surface area contributed by atoms with Crippen molar-refractivity contribution in [3.8, 4) is 11.5 Å². The molecule has 0 saturated carbocycles. The van der Waals surface area contributed by atoms with Gasteiger partial charge in [-0.15, -0.1) is 0 Å². The van der Waals surface area contributed by atoms with Gasteiger partial charge in [-0.2, -0.15) is 0 Å². The van der Waals surface area contributed by atoms with E-state index >= 15 is 0 Å². The summed E-state index contributed by atoms with van der Waals surface area (Å²) in [5.74, 6) is 0.218. The summed E-state index contributed by atoms with van der Waals surface area (Å²) in [6.07, 6.45) is 3.10. The molecule has 0 saturated heterocycles. The molecule has 0 unspecified atom stereocenters. The molecule has 2 aromatic rings. The summed E-state index contributed by atoms with van der Waals surface area (Å²) < 4.78 is 4.93. The van der Waals surface area contributed by atoms with Crippen molar-refractivity contribution >= 4 is 11.9 Å². The number of imidazole rings is 1. The van der Waals surface area contributed by atoms with Crippen molar-refractivity contribution in [2.24, 2.45) is 0 Å². The number of aromatic amines is 1. The monoisotopic (exact) mass is 233 g/mol. The summed E-state index contributed by atoms with van der Waals surface area (Å²) in [6.45, 7) is 0. The zero-order valence-electron chi connectivity index (χ0n) is 9.10. The fourth-order valence-electron chi connectivity index (χ4n) is 1.34. The summed E-state index contributed by atoms with van der Waals surface area (Å²) >= 11 is 0. The number of phenolic OH excluding ortho intramolecular Hbond substituents is 1. The number of nitrogens with one attached hydrogen (secondary N) is 2. The Bertz CT molecular complexity index is 523. The molecule has 17 heavy (non-hydrogen) atoms. The molecule has 0 spiro atoms. The summed E-state index contributed by atoms with van der Waals surface area (Å²) in [6, 6.07) is 4.44. The average Bonchev–Trinajstić information content (AvgIpc) is 2.81. The molecule has 0 aliphatic heterocycles. The van der Waals surface area contributed by atoms with E-state index in [1.54, 1.807) is 12.3 Å². The molecule has 1 aromatic heterocycles. The van der Waals surface area contributed by atoms with E-state index < -0.39 is 5.91 Å². The number of aromatic nitrogens is 2. The predicted octanol–water partition coefficient (Wildman–Crippen LogP) is 1.38. The zero-order valence-corrected chi connectivity index (χ0v) is 9.10. The van der Waals surface area contributed by atoms with Gasteiger partial charge in [0.1, 0.15) is 11.5 Å². The van der Waals surface area contributed by atoms with Gasteiger partial charge in [0.05, 0.1) is 12.7 Å². The van der Waals surface area contributed by atoms with Crippen molar-refractivity contribution in [1.29, 1.82) is 0 Å². The molecule has 2 rings (SSSR count). The fraction of sp³-hybridized carbons (Fsp3) is 0.0909. The maximum absolute atomic E-state index is 11.8. The summed E-state index contributed by atoms with van der Waals surface area (Å²) in [5.41, 5.74) is 0.155. The van der Waals surface area contributed by atoms with Gasteiger partial charge in [-0.1, -0.05) is 0 Å². The molecule has 6 heteroatoms. The van der Waals surface area contributed by atoms with Gasteiger partial charge in [0.2, 0.25) is 5.95 Å². The minimum absolute atomic E-state index is 0.145. The van der Waals surface area contributed by atoms with E-state index in [9.17, 15) is 9.90 Å². The van der Waals surface area contributed by atoms with Crippen LogP contribution in [0.2, 0.25) is 0 Å². The first-order chi connectivity index (χ1) is 8.20. The highest BCUT2D eigenvalue weighted by Crippen LogP contribution is 2.23. The van der Waals surface area contributed by atoms with Gasteiger partial charge in [-0.05, 0) is 12.1 Å². The van der Waals surface area contributed by atoms with E-state index in [4.69, 9.17) is 4.74 Å². The highest BCUT2D eigenvalue weighted by molar-refractivity contribution is 6.05. The van der Waals surface area contributed by atoms with Crippen molar-refractivity contribution in [2.75, 3.05) is 12.4 Å². The third-order valence-corrected chi connectivity index (χ3v) is 2.18. The lowest BCUT2D eigenvalue weighted by molar-refractivity contribution is 0.102. The highest BCUT2D eigenvalue weighted by atomic mass is 16.5. The van der Waals surface area contributed by atoms with E-state index in [1.165, 1.54) is 25.4 Å². The molecular weight excluding hydrogens is 222 g/mol. The Labute approximate surface area is 97.3 Å². The minimum Gasteiger partial charge on any atom is -0.507 e. The minimum atomic E-state index is -0.444. The summed E-state index contributed by atoms with van der Waals surface area (Å²) in [4.78, 5) is 18.3. The van der Waals surface area contributed by atoms with Gasteiger partial charge in [0.15, 0.2) is 0 Å². The second kappa shape index (κ2) is 4.56. The Morgan fingerprint density at radius 3 is 2.94 bits per heavy atom. The number of carbonyl (C=O) groups is 1. The van der Waals surface area contributed by atoms with Gasteiger partial charge in [0.25, 0.3) is 5.91 Å². The van der Waals surface area contributed by atoms with Gasteiger partial charge < -0.3 is 14.8 Å². The zero-order chi connectivity index (χ0) is 12.3. The number of aromatic hydroxyl groups is 1. The number of methoxy groups -OCH3 is 1. The molecule has 0 fully saturated rings. The fourth-order valence-corrected chi connectivity index (χ4v) is 1.34. The first kappa shape index (κ1) is 11.0.